The molecule has 1 amide bonds. The molecule has 12 nitrogen and oxygen atoms in total. The van der Waals surface area contributed by atoms with E-state index in [9.17, 15) is 39.6 Å². The summed E-state index contributed by atoms with van der Waals surface area (Å²) in [5.74, 6) is -1.08. The molecular formula is C27H23F6N7O5S. The number of carbonyl (C=O) groups excluding carboxylic acids is 1. The summed E-state index contributed by atoms with van der Waals surface area (Å²) in [6.07, 6.45) is -5.33. The molecule has 1 N–H and O–H groups in total. The fourth-order valence-corrected chi connectivity index (χ4v) is 6.08. The Morgan fingerprint density at radius 3 is 2.30 bits per heavy atom. The lowest BCUT2D eigenvalue weighted by atomic mass is 10.1. The number of halogens is 6. The smallest absolute Gasteiger partial charge is 0.484 e. The average Bonchev–Trinajstić information content (AvgIpc) is 3.01. The Bertz CT molecular complexity index is 1790. The SMILES string of the molecule is O=C(NCc1ccc(OCC(F)(F)F)cc1)[C@H]1CN(c2cnc3cncnc3n2)CCN1S(=O)(=O)c1ccc(OC(F)(F)F)cc1. The molecule has 244 valence electrons. The second-order valence-electron chi connectivity index (χ2n) is 9.82. The summed E-state index contributed by atoms with van der Waals surface area (Å²) in [6, 6.07) is 7.68. The van der Waals surface area contributed by atoms with Gasteiger partial charge in [0.25, 0.3) is 0 Å². The molecule has 1 aliphatic heterocycles. The molecule has 1 saturated heterocycles. The van der Waals surface area contributed by atoms with Gasteiger partial charge in [0.2, 0.25) is 15.9 Å². The molecular weight excluding hydrogens is 648 g/mol. The molecule has 4 aromatic rings. The van der Waals surface area contributed by atoms with Crippen molar-refractivity contribution in [1.82, 2.24) is 29.6 Å². The molecule has 0 radical (unpaired) electrons. The van der Waals surface area contributed by atoms with E-state index in [2.05, 4.69) is 34.7 Å². The summed E-state index contributed by atoms with van der Waals surface area (Å²) in [5.41, 5.74) is 1.16. The van der Waals surface area contributed by atoms with Crippen molar-refractivity contribution in [2.75, 3.05) is 31.1 Å². The van der Waals surface area contributed by atoms with Crippen molar-refractivity contribution >= 4 is 32.9 Å². The number of ether oxygens (including phenoxy) is 2. The summed E-state index contributed by atoms with van der Waals surface area (Å²) in [4.78, 5) is 31.4. The van der Waals surface area contributed by atoms with Crippen LogP contribution >= 0.6 is 0 Å². The van der Waals surface area contributed by atoms with Crippen molar-refractivity contribution in [3.05, 3.63) is 72.8 Å². The minimum absolute atomic E-state index is 0.0407. The number of aromatic nitrogens is 4. The van der Waals surface area contributed by atoms with E-state index in [1.165, 1.54) is 43.0 Å². The quantitative estimate of drug-likeness (QED) is 0.263. The van der Waals surface area contributed by atoms with E-state index in [1.54, 1.807) is 4.90 Å². The molecule has 5 rings (SSSR count). The predicted molar refractivity (Wildman–Crippen MR) is 148 cm³/mol. The zero-order chi connectivity index (χ0) is 33.1. The maximum Gasteiger partial charge on any atom is 0.573 e. The van der Waals surface area contributed by atoms with Crippen molar-refractivity contribution in [1.29, 1.82) is 0 Å². The van der Waals surface area contributed by atoms with E-state index in [1.807, 2.05) is 0 Å². The lowest BCUT2D eigenvalue weighted by Gasteiger charge is -2.40. The predicted octanol–water partition coefficient (Wildman–Crippen LogP) is 3.46. The number of amides is 1. The first-order valence-electron chi connectivity index (χ1n) is 13.3. The van der Waals surface area contributed by atoms with Crippen molar-refractivity contribution in [3.8, 4) is 11.5 Å². The highest BCUT2D eigenvalue weighted by molar-refractivity contribution is 7.89. The zero-order valence-electron chi connectivity index (χ0n) is 23.4. The van der Waals surface area contributed by atoms with Crippen LogP contribution < -0.4 is 19.7 Å². The number of benzene rings is 2. The third kappa shape index (κ3) is 8.08. The highest BCUT2D eigenvalue weighted by atomic mass is 32.2. The molecule has 0 spiro atoms. The van der Waals surface area contributed by atoms with Gasteiger partial charge in [-0.25, -0.2) is 28.4 Å². The van der Waals surface area contributed by atoms with Crippen LogP contribution in [0.5, 0.6) is 11.5 Å². The van der Waals surface area contributed by atoms with E-state index < -0.39 is 46.9 Å². The topological polar surface area (TPSA) is 140 Å². The van der Waals surface area contributed by atoms with E-state index in [4.69, 9.17) is 0 Å². The molecule has 1 fully saturated rings. The number of nitrogens with zero attached hydrogens (tertiary/aromatic N) is 6. The van der Waals surface area contributed by atoms with Crippen LogP contribution in [0.4, 0.5) is 32.2 Å². The summed E-state index contributed by atoms with van der Waals surface area (Å²) in [5, 5.41) is 2.64. The van der Waals surface area contributed by atoms with Crippen molar-refractivity contribution in [2.45, 2.75) is 30.0 Å². The Hall–Kier alpha value is -4.78. The minimum Gasteiger partial charge on any atom is -0.484 e. The van der Waals surface area contributed by atoms with Crippen molar-refractivity contribution < 1.29 is 49.0 Å². The van der Waals surface area contributed by atoms with E-state index in [0.29, 0.717) is 16.9 Å². The lowest BCUT2D eigenvalue weighted by Crippen LogP contribution is -2.60. The van der Waals surface area contributed by atoms with Gasteiger partial charge < -0.3 is 19.7 Å². The van der Waals surface area contributed by atoms with Gasteiger partial charge in [0.1, 0.15) is 35.2 Å². The van der Waals surface area contributed by atoms with Crippen LogP contribution in [0, 0.1) is 0 Å². The molecule has 1 aliphatic rings. The van der Waals surface area contributed by atoms with E-state index in [0.717, 1.165) is 28.6 Å². The highest BCUT2D eigenvalue weighted by Gasteiger charge is 2.41. The number of carbonyl (C=O) groups is 1. The van der Waals surface area contributed by atoms with Crippen LogP contribution in [0.3, 0.4) is 0 Å². The van der Waals surface area contributed by atoms with Crippen LogP contribution in [0.1, 0.15) is 5.56 Å². The molecule has 1 atom stereocenters. The normalized spacial score (nSPS) is 16.3. The third-order valence-electron chi connectivity index (χ3n) is 6.63. The van der Waals surface area contributed by atoms with Crippen molar-refractivity contribution in [2.24, 2.45) is 0 Å². The fraction of sp³-hybridized carbons (Fsp3) is 0.296. The summed E-state index contributed by atoms with van der Waals surface area (Å²) >= 11 is 0. The Labute approximate surface area is 257 Å². The molecule has 2 aromatic carbocycles. The molecule has 0 saturated carbocycles. The van der Waals surface area contributed by atoms with Crippen LogP contribution in [0.15, 0.2) is 72.1 Å². The molecule has 0 aliphatic carbocycles. The van der Waals surface area contributed by atoms with Gasteiger partial charge in [-0.2, -0.15) is 17.5 Å². The monoisotopic (exact) mass is 671 g/mol. The first-order valence-corrected chi connectivity index (χ1v) is 14.7. The number of rotatable bonds is 9. The largest absolute Gasteiger partial charge is 0.573 e. The third-order valence-corrected chi connectivity index (χ3v) is 8.55. The van der Waals surface area contributed by atoms with Gasteiger partial charge in [-0.05, 0) is 42.0 Å². The molecule has 3 heterocycles. The van der Waals surface area contributed by atoms with Crippen LogP contribution in [-0.2, 0) is 21.4 Å². The number of anilines is 1. The van der Waals surface area contributed by atoms with Crippen molar-refractivity contribution in [3.63, 3.8) is 0 Å². The Kier molecular flexibility index (Phi) is 9.15. The van der Waals surface area contributed by atoms with Crippen LogP contribution in [-0.4, -0.2) is 83.4 Å². The number of piperazine rings is 1. The van der Waals surface area contributed by atoms with Gasteiger partial charge in [-0.15, -0.1) is 13.2 Å². The number of fused-ring (bicyclic) bond motifs is 1. The Balaban J connectivity index is 1.36. The second kappa shape index (κ2) is 12.9. The van der Waals surface area contributed by atoms with Crippen LogP contribution in [0.25, 0.3) is 11.2 Å². The summed E-state index contributed by atoms with van der Waals surface area (Å²) in [6.45, 7) is -1.91. The van der Waals surface area contributed by atoms with Gasteiger partial charge in [-0.3, -0.25) is 4.79 Å². The minimum atomic E-state index is -4.98. The van der Waals surface area contributed by atoms with E-state index in [-0.39, 0.29) is 42.5 Å². The van der Waals surface area contributed by atoms with Gasteiger partial charge in [0.05, 0.1) is 17.3 Å². The maximum atomic E-state index is 13.7. The average molecular weight is 672 g/mol. The van der Waals surface area contributed by atoms with Gasteiger partial charge in [-0.1, -0.05) is 12.1 Å². The van der Waals surface area contributed by atoms with Gasteiger partial charge in [0.15, 0.2) is 12.3 Å². The van der Waals surface area contributed by atoms with Gasteiger partial charge >= 0.3 is 12.5 Å². The molecule has 19 heteroatoms. The van der Waals surface area contributed by atoms with Crippen LogP contribution in [0.2, 0.25) is 0 Å². The van der Waals surface area contributed by atoms with E-state index >= 15 is 0 Å². The second-order valence-corrected chi connectivity index (χ2v) is 11.7. The van der Waals surface area contributed by atoms with Gasteiger partial charge in [0, 0.05) is 26.2 Å². The molecule has 46 heavy (non-hydrogen) atoms. The first-order chi connectivity index (χ1) is 21.7. The zero-order valence-corrected chi connectivity index (χ0v) is 24.2. The maximum absolute atomic E-state index is 13.7. The lowest BCUT2D eigenvalue weighted by molar-refractivity contribution is -0.274. The number of alkyl halides is 6. The number of sulfonamides is 1. The number of nitrogens with one attached hydrogen (secondary N) is 1. The summed E-state index contributed by atoms with van der Waals surface area (Å²) < 4.78 is 112. The Morgan fingerprint density at radius 2 is 1.63 bits per heavy atom. The summed E-state index contributed by atoms with van der Waals surface area (Å²) in [7, 11) is -4.42. The number of hydrogen-bond acceptors (Lipinski definition) is 10. The highest BCUT2D eigenvalue weighted by Crippen LogP contribution is 2.28. The molecule has 2 aromatic heterocycles. The molecule has 0 unspecified atom stereocenters. The molecule has 0 bridgehead atoms. The standard InChI is InChI=1S/C27H23F6N7O5S/c28-26(29,30)15-44-18-3-1-17(2-4-18)11-36-25(41)22-14-39(23-13-35-21-12-34-16-37-24(21)38-23)9-10-40(22)46(42,43)20-7-5-19(6-8-20)45-27(31,32)33/h1-8,12-13,16,22H,9-11,14-15H2,(H,36,41)/t22-/m1/s1. The first kappa shape index (κ1) is 32.6. The fourth-order valence-electron chi connectivity index (χ4n) is 4.51. The number of hydrogen-bond donors (Lipinski definition) is 1. The Morgan fingerprint density at radius 1 is 0.935 bits per heavy atom.